The number of carbonyl (C=O) groups excluding carboxylic acids is 1. The van der Waals surface area contributed by atoms with Gasteiger partial charge in [0.2, 0.25) is 5.91 Å². The van der Waals surface area contributed by atoms with Crippen LogP contribution in [-0.2, 0) is 14.6 Å². The maximum Gasteiger partial charge on any atom is 0.236 e. The molecule has 3 fully saturated rings. The molecule has 0 N–H and O–H groups in total. The van der Waals surface area contributed by atoms with Crippen molar-refractivity contribution >= 4 is 38.7 Å². The van der Waals surface area contributed by atoms with Crippen molar-refractivity contribution in [2.45, 2.75) is 26.3 Å². The first kappa shape index (κ1) is 25.4. The number of benzene rings is 1. The van der Waals surface area contributed by atoms with E-state index in [4.69, 9.17) is 16.7 Å². The van der Waals surface area contributed by atoms with Crippen LogP contribution in [0.5, 0.6) is 0 Å². The zero-order chi connectivity index (χ0) is 25.4. The summed E-state index contributed by atoms with van der Waals surface area (Å²) >= 11 is 6.00. The number of amides is 1. The van der Waals surface area contributed by atoms with Crippen molar-refractivity contribution in [1.82, 2.24) is 19.6 Å². The van der Waals surface area contributed by atoms with Gasteiger partial charge in [-0.25, -0.2) is 8.42 Å². The van der Waals surface area contributed by atoms with Crippen molar-refractivity contribution in [2.75, 3.05) is 80.2 Å². The summed E-state index contributed by atoms with van der Waals surface area (Å²) in [5.41, 5.74) is 4.24. The number of anilines is 2. The van der Waals surface area contributed by atoms with E-state index in [2.05, 4.69) is 14.7 Å². The summed E-state index contributed by atoms with van der Waals surface area (Å²) < 4.78 is 25.8. The molecule has 196 valence electrons. The summed E-state index contributed by atoms with van der Waals surface area (Å²) in [5.74, 6) is 0.619. The van der Waals surface area contributed by atoms with Crippen LogP contribution in [0, 0.1) is 13.8 Å². The number of piperazine rings is 2. The summed E-state index contributed by atoms with van der Waals surface area (Å²) in [6, 6.07) is 7.80. The normalized spacial score (nSPS) is 22.9. The number of carbonyl (C=O) groups is 1. The van der Waals surface area contributed by atoms with Gasteiger partial charge in [-0.1, -0.05) is 11.6 Å². The van der Waals surface area contributed by atoms with E-state index >= 15 is 0 Å². The predicted molar refractivity (Wildman–Crippen MR) is 143 cm³/mol. The number of rotatable bonds is 5. The Kier molecular flexibility index (Phi) is 7.20. The number of halogens is 1. The Hall–Kier alpha value is -2.30. The molecule has 4 heterocycles. The highest BCUT2D eigenvalue weighted by Gasteiger charge is 2.33. The van der Waals surface area contributed by atoms with Crippen LogP contribution in [0.15, 0.2) is 24.3 Å². The molecule has 11 heteroatoms. The Morgan fingerprint density at radius 3 is 2.22 bits per heavy atom. The van der Waals surface area contributed by atoms with Gasteiger partial charge in [0.05, 0.1) is 41.2 Å². The van der Waals surface area contributed by atoms with Crippen molar-refractivity contribution in [3.8, 4) is 0 Å². The van der Waals surface area contributed by atoms with Crippen molar-refractivity contribution < 1.29 is 13.2 Å². The average molecular weight is 535 g/mol. The molecule has 0 aliphatic carbocycles. The van der Waals surface area contributed by atoms with Gasteiger partial charge < -0.3 is 14.7 Å². The average Bonchev–Trinajstić information content (AvgIpc) is 3.37. The third-order valence-electron chi connectivity index (χ3n) is 7.71. The smallest absolute Gasteiger partial charge is 0.236 e. The molecule has 0 spiro atoms. The third-order valence-corrected chi connectivity index (χ3v) is 9.71. The molecule has 36 heavy (non-hydrogen) atoms. The Labute approximate surface area is 218 Å². The summed E-state index contributed by atoms with van der Waals surface area (Å²) in [4.78, 5) is 21.8. The highest BCUT2D eigenvalue weighted by atomic mass is 35.5. The molecule has 1 unspecified atom stereocenters. The number of aromatic nitrogens is 2. The molecule has 3 saturated heterocycles. The Morgan fingerprint density at radius 2 is 1.61 bits per heavy atom. The van der Waals surface area contributed by atoms with E-state index in [1.165, 1.54) is 0 Å². The molecular weight excluding hydrogens is 500 g/mol. The van der Waals surface area contributed by atoms with Crippen molar-refractivity contribution in [1.29, 1.82) is 0 Å². The van der Waals surface area contributed by atoms with Crippen LogP contribution in [0.1, 0.15) is 23.9 Å². The molecule has 5 rings (SSSR count). The van der Waals surface area contributed by atoms with Gasteiger partial charge in [0, 0.05) is 63.1 Å². The third kappa shape index (κ3) is 5.35. The second-order valence-electron chi connectivity index (χ2n) is 10.1. The molecule has 0 bridgehead atoms. The van der Waals surface area contributed by atoms with Crippen LogP contribution < -0.4 is 9.80 Å². The van der Waals surface area contributed by atoms with Crippen LogP contribution in [0.4, 0.5) is 11.4 Å². The van der Waals surface area contributed by atoms with Crippen LogP contribution in [0.25, 0.3) is 0 Å². The molecule has 1 aromatic heterocycles. The van der Waals surface area contributed by atoms with E-state index < -0.39 is 9.84 Å². The van der Waals surface area contributed by atoms with Gasteiger partial charge in [-0.3, -0.25) is 14.4 Å². The predicted octanol–water partition coefficient (Wildman–Crippen LogP) is 1.98. The molecule has 0 saturated carbocycles. The van der Waals surface area contributed by atoms with E-state index in [0.29, 0.717) is 13.0 Å². The quantitative estimate of drug-likeness (QED) is 0.580. The number of nitrogens with zero attached hydrogens (tertiary/aromatic N) is 6. The van der Waals surface area contributed by atoms with Gasteiger partial charge in [-0.2, -0.15) is 5.10 Å². The van der Waals surface area contributed by atoms with Gasteiger partial charge in [-0.05, 0) is 44.5 Å². The Balaban J connectivity index is 1.12. The molecule has 2 aromatic rings. The topological polar surface area (TPSA) is 82.0 Å². The minimum atomic E-state index is -2.96. The van der Waals surface area contributed by atoms with E-state index in [-0.39, 0.29) is 23.5 Å². The SMILES string of the molecule is Cc1nn(C2CCS(=O)(=O)C2)c(C)c1N1CCN(CC(=O)N2CCN(c3ccc(Cl)cc3)CC2)CC1. The molecule has 1 aromatic carbocycles. The number of sulfone groups is 1. The second-order valence-corrected chi connectivity index (χ2v) is 12.8. The van der Waals surface area contributed by atoms with E-state index in [1.54, 1.807) is 0 Å². The van der Waals surface area contributed by atoms with Gasteiger partial charge in [0.25, 0.3) is 0 Å². The first-order valence-corrected chi connectivity index (χ1v) is 14.9. The lowest BCUT2D eigenvalue weighted by molar-refractivity contribution is -0.132. The zero-order valence-corrected chi connectivity index (χ0v) is 22.6. The first-order valence-electron chi connectivity index (χ1n) is 12.7. The first-order chi connectivity index (χ1) is 17.2. The highest BCUT2D eigenvalue weighted by Crippen LogP contribution is 2.31. The molecule has 9 nitrogen and oxygen atoms in total. The Morgan fingerprint density at radius 1 is 0.972 bits per heavy atom. The molecule has 0 radical (unpaired) electrons. The lowest BCUT2D eigenvalue weighted by atomic mass is 10.2. The summed E-state index contributed by atoms with van der Waals surface area (Å²) in [6.45, 7) is 10.9. The lowest BCUT2D eigenvalue weighted by Crippen LogP contribution is -2.54. The number of hydrogen-bond acceptors (Lipinski definition) is 7. The fourth-order valence-corrected chi connectivity index (χ4v) is 7.54. The van der Waals surface area contributed by atoms with Gasteiger partial charge in [0.15, 0.2) is 9.84 Å². The molecular formula is C25H35ClN6O3S. The lowest BCUT2D eigenvalue weighted by Gasteiger charge is -2.39. The number of hydrogen-bond donors (Lipinski definition) is 0. The highest BCUT2D eigenvalue weighted by molar-refractivity contribution is 7.91. The van der Waals surface area contributed by atoms with Crippen molar-refractivity contribution in [3.05, 3.63) is 40.7 Å². The monoisotopic (exact) mass is 534 g/mol. The van der Waals surface area contributed by atoms with Gasteiger partial charge in [-0.15, -0.1) is 0 Å². The molecule has 3 aliphatic rings. The van der Waals surface area contributed by atoms with Crippen LogP contribution in [0.3, 0.4) is 0 Å². The van der Waals surface area contributed by atoms with Crippen LogP contribution >= 0.6 is 11.6 Å². The molecule has 3 aliphatic heterocycles. The van der Waals surface area contributed by atoms with Crippen LogP contribution in [0.2, 0.25) is 5.02 Å². The van der Waals surface area contributed by atoms with E-state index in [1.807, 2.05) is 47.7 Å². The largest absolute Gasteiger partial charge is 0.368 e. The van der Waals surface area contributed by atoms with E-state index in [9.17, 15) is 13.2 Å². The minimum Gasteiger partial charge on any atom is -0.368 e. The minimum absolute atomic E-state index is 0.0680. The zero-order valence-electron chi connectivity index (χ0n) is 21.1. The fourth-order valence-electron chi connectivity index (χ4n) is 5.72. The van der Waals surface area contributed by atoms with Crippen LogP contribution in [-0.4, -0.2) is 104 Å². The summed E-state index contributed by atoms with van der Waals surface area (Å²) in [5, 5.41) is 5.45. The Bertz CT molecular complexity index is 1200. The van der Waals surface area contributed by atoms with E-state index in [0.717, 1.165) is 80.1 Å². The van der Waals surface area contributed by atoms with Gasteiger partial charge in [0.1, 0.15) is 0 Å². The van der Waals surface area contributed by atoms with Crippen molar-refractivity contribution in [3.63, 3.8) is 0 Å². The standard InChI is InChI=1S/C25H35ClN6O3S/c1-19-25(20(2)32(27-19)23-7-16-36(34,35)18-23)31-10-8-28(9-11-31)17-24(33)30-14-12-29(13-15-30)22-5-3-21(26)4-6-22/h3-6,23H,7-18H2,1-2H3. The second kappa shape index (κ2) is 10.2. The molecule has 1 atom stereocenters. The van der Waals surface area contributed by atoms with Crippen molar-refractivity contribution in [2.24, 2.45) is 0 Å². The summed E-state index contributed by atoms with van der Waals surface area (Å²) in [6.07, 6.45) is 0.633. The summed E-state index contributed by atoms with van der Waals surface area (Å²) in [7, 11) is -2.96. The maximum atomic E-state index is 13.0. The number of aryl methyl sites for hydroxylation is 1. The maximum absolute atomic E-state index is 13.0. The molecule has 1 amide bonds. The fraction of sp³-hybridized carbons (Fsp3) is 0.600. The van der Waals surface area contributed by atoms with Gasteiger partial charge >= 0.3 is 0 Å².